The van der Waals surface area contributed by atoms with Gasteiger partial charge in [-0.15, -0.1) is 0 Å². The van der Waals surface area contributed by atoms with Gasteiger partial charge in [0.2, 0.25) is 0 Å². The van der Waals surface area contributed by atoms with Crippen LogP contribution in [-0.4, -0.2) is 9.13 Å². The first kappa shape index (κ1) is 79.1. The van der Waals surface area contributed by atoms with E-state index >= 15 is 0 Å². The Morgan fingerprint density at radius 1 is 0.176 bits per heavy atom. The predicted molar refractivity (Wildman–Crippen MR) is 564 cm³/mol. The van der Waals surface area contributed by atoms with Crippen molar-refractivity contribution in [3.63, 3.8) is 0 Å². The Kier molecular flexibility index (Phi) is 19.0. The SMILES string of the molecule is c1ccc(-c2ccc(N(c3ccc(-c4cccc5c4oc4c6ccccc6n(-c6ccccc6)c54)cc3)c3ccc4c(c3)C(c3ccccc3)(c3ccccc3)c3ccccc3-4)cc2)cc1.c1ccc(-n2c3ccccc3c3oc4c(-c5ccc(N(c6ccc(-c7cccc8ccccc78)cc6)c6ccc7c(c6)C(c6ccccc6)(c6ccccc6)c6ccccc6-7)cc5)cccc4c32)cc1. The van der Waals surface area contributed by atoms with Gasteiger partial charge in [0.05, 0.1) is 21.9 Å². The average Bonchev–Trinajstić information content (AvgIpc) is 1.55. The van der Waals surface area contributed by atoms with Gasteiger partial charge in [0.15, 0.2) is 11.2 Å². The van der Waals surface area contributed by atoms with E-state index in [2.05, 4.69) is 541 Å². The number of hydrogen-bond acceptors (Lipinski definition) is 4. The van der Waals surface area contributed by atoms with E-state index in [1.54, 1.807) is 0 Å². The number of anilines is 6. The molecule has 4 heterocycles. The third-order valence-electron chi connectivity index (χ3n) is 28.4. The van der Waals surface area contributed by atoms with Crippen molar-refractivity contribution < 1.29 is 8.83 Å². The van der Waals surface area contributed by atoms with E-state index in [0.717, 1.165) is 134 Å². The van der Waals surface area contributed by atoms with Gasteiger partial charge in [-0.3, -0.25) is 0 Å². The largest absolute Gasteiger partial charge is 0.453 e. The maximum atomic E-state index is 6.97. The molecule has 0 aliphatic heterocycles. The summed E-state index contributed by atoms with van der Waals surface area (Å²) < 4.78 is 18.6. The van der Waals surface area contributed by atoms with Crippen molar-refractivity contribution >= 4 is 111 Å². The number of nitrogens with zero attached hydrogens (tertiary/aromatic N) is 4. The van der Waals surface area contributed by atoms with Crippen molar-refractivity contribution in [1.82, 2.24) is 9.13 Å². The van der Waals surface area contributed by atoms with Gasteiger partial charge in [0.25, 0.3) is 0 Å². The zero-order valence-corrected chi connectivity index (χ0v) is 74.3. The van der Waals surface area contributed by atoms with Gasteiger partial charge in [0.1, 0.15) is 22.2 Å². The van der Waals surface area contributed by atoms with Crippen molar-refractivity contribution in [2.45, 2.75) is 10.8 Å². The smallest absolute Gasteiger partial charge is 0.161 e. The number of hydrogen-bond donors (Lipinski definition) is 0. The Labute approximate surface area is 788 Å². The van der Waals surface area contributed by atoms with E-state index in [-0.39, 0.29) is 0 Å². The molecule has 25 aromatic rings. The molecule has 0 saturated heterocycles. The lowest BCUT2D eigenvalue weighted by atomic mass is 9.67. The molecule has 0 N–H and O–H groups in total. The molecule has 0 bridgehead atoms. The highest BCUT2D eigenvalue weighted by Gasteiger charge is 2.48. The summed E-state index contributed by atoms with van der Waals surface area (Å²) in [7, 11) is 0. The minimum atomic E-state index is -0.531. The lowest BCUT2D eigenvalue weighted by Gasteiger charge is -2.35. The van der Waals surface area contributed by atoms with Gasteiger partial charge in [-0.05, 0) is 244 Å². The number of para-hydroxylation sites is 6. The Hall–Kier alpha value is -17.8. The summed E-state index contributed by atoms with van der Waals surface area (Å²) in [6, 6.07) is 189. The molecule has 0 amide bonds. The van der Waals surface area contributed by atoms with E-state index in [1.807, 2.05) is 0 Å². The Morgan fingerprint density at radius 2 is 0.456 bits per heavy atom. The van der Waals surface area contributed by atoms with Gasteiger partial charge in [-0.2, -0.15) is 0 Å². The van der Waals surface area contributed by atoms with Crippen LogP contribution in [0.15, 0.2) is 531 Å². The standard InChI is InChI=1S/C67H44N2O.C63H42N2O/c1-4-20-48(21-5-1)67(49-22-6-2-7-23-49)61-32-14-12-27-57(61)58-43-42-53(44-62(58)67)68(51-38-34-46(35-39-51)55-29-16-19-45-18-10-11-26-54(45)55)52-40-36-47(37-41-52)56-30-17-31-60-64-66(70-65(56)60)59-28-13-15-33-63(59)69(64)50-24-8-3-9-25-50;1-5-18-43(19-6-1)44-32-36-49(37-33-44)64(51-40-41-54-53-26-13-15-30-57(53)63(58(54)42-51,46-20-7-2-8-21-46)47-22-9-3-10-23-47)50-38-34-45(35-39-50)52-28-17-29-56-60-62(66-61(52)56)55-27-14-16-31-59(55)65(60)48-24-11-4-12-25-48/h1-44H;1-42H. The first-order valence-corrected chi connectivity index (χ1v) is 46.8. The highest BCUT2D eigenvalue weighted by molar-refractivity contribution is 6.20. The Morgan fingerprint density at radius 3 is 0.868 bits per heavy atom. The fourth-order valence-corrected chi connectivity index (χ4v) is 22.4. The van der Waals surface area contributed by atoms with Crippen LogP contribution in [0.5, 0.6) is 0 Å². The van der Waals surface area contributed by atoms with Crippen molar-refractivity contribution in [1.29, 1.82) is 0 Å². The van der Waals surface area contributed by atoms with Crippen LogP contribution in [0.25, 0.3) is 155 Å². The number of fused-ring (bicyclic) bond motifs is 17. The van der Waals surface area contributed by atoms with Crippen LogP contribution in [0.1, 0.15) is 44.5 Å². The van der Waals surface area contributed by atoms with Crippen LogP contribution >= 0.6 is 0 Å². The summed E-state index contributed by atoms with van der Waals surface area (Å²) in [6.45, 7) is 0. The zero-order valence-electron chi connectivity index (χ0n) is 74.3. The molecule has 0 spiro atoms. The van der Waals surface area contributed by atoms with Crippen molar-refractivity contribution in [3.05, 3.63) is 566 Å². The highest BCUT2D eigenvalue weighted by Crippen LogP contribution is 2.60. The molecule has 6 nitrogen and oxygen atoms in total. The Balaban J connectivity index is 0.000000141. The van der Waals surface area contributed by atoms with Gasteiger partial charge in [-0.1, -0.05) is 388 Å². The summed E-state index contributed by atoms with van der Waals surface area (Å²) in [5, 5.41) is 6.86. The summed E-state index contributed by atoms with van der Waals surface area (Å²) in [5.41, 5.74) is 39.8. The van der Waals surface area contributed by atoms with Gasteiger partial charge in [-0.25, -0.2) is 0 Å². The maximum Gasteiger partial charge on any atom is 0.161 e. The third kappa shape index (κ3) is 12.6. The van der Waals surface area contributed by atoms with Crippen LogP contribution in [0.2, 0.25) is 0 Å². The minimum Gasteiger partial charge on any atom is -0.453 e. The quantitative estimate of drug-likeness (QED) is 0.0967. The molecule has 638 valence electrons. The molecule has 0 atom stereocenters. The van der Waals surface area contributed by atoms with E-state index < -0.39 is 10.8 Å². The normalized spacial score (nSPS) is 12.7. The fraction of sp³-hybridized carbons (Fsp3) is 0.0154. The molecule has 2 aliphatic rings. The second kappa shape index (κ2) is 32.6. The van der Waals surface area contributed by atoms with Crippen LogP contribution in [-0.2, 0) is 10.8 Å². The van der Waals surface area contributed by atoms with E-state index in [1.165, 1.54) is 99.8 Å². The summed E-state index contributed by atoms with van der Waals surface area (Å²) in [6.07, 6.45) is 0. The minimum absolute atomic E-state index is 0.518. The lowest BCUT2D eigenvalue weighted by Crippen LogP contribution is -2.28. The molecular weight excluding hydrogens is 1650 g/mol. The molecular formula is C130H86N4O2. The van der Waals surface area contributed by atoms with Crippen LogP contribution in [0.3, 0.4) is 0 Å². The zero-order chi connectivity index (χ0) is 89.8. The molecule has 136 heavy (non-hydrogen) atoms. The molecule has 2 aliphatic carbocycles. The fourth-order valence-electron chi connectivity index (χ4n) is 22.4. The first-order valence-electron chi connectivity index (χ1n) is 46.8. The molecule has 21 aromatic carbocycles. The van der Waals surface area contributed by atoms with E-state index in [4.69, 9.17) is 8.83 Å². The van der Waals surface area contributed by atoms with Gasteiger partial charge < -0.3 is 27.8 Å². The van der Waals surface area contributed by atoms with Gasteiger partial charge in [0, 0.05) is 78.2 Å². The first-order chi connectivity index (χ1) is 67.5. The average molecular weight is 1740 g/mol. The van der Waals surface area contributed by atoms with E-state index in [9.17, 15) is 0 Å². The van der Waals surface area contributed by atoms with Crippen molar-refractivity contribution in [2.24, 2.45) is 0 Å². The highest BCUT2D eigenvalue weighted by atomic mass is 16.3. The van der Waals surface area contributed by atoms with Crippen LogP contribution in [0, 0.1) is 0 Å². The number of furan rings is 2. The van der Waals surface area contributed by atoms with Crippen molar-refractivity contribution in [3.8, 4) is 78.1 Å². The van der Waals surface area contributed by atoms with Gasteiger partial charge >= 0.3 is 0 Å². The molecule has 0 unspecified atom stereocenters. The maximum absolute atomic E-state index is 6.97. The summed E-state index contributed by atoms with van der Waals surface area (Å²) in [4.78, 5) is 4.82. The molecule has 6 heteroatoms. The number of rotatable bonds is 16. The number of benzene rings is 21. The summed E-state index contributed by atoms with van der Waals surface area (Å²) >= 11 is 0. The second-order valence-corrected chi connectivity index (χ2v) is 35.6. The summed E-state index contributed by atoms with van der Waals surface area (Å²) in [5.74, 6) is 0. The molecule has 0 radical (unpaired) electrons. The van der Waals surface area contributed by atoms with Crippen LogP contribution in [0.4, 0.5) is 34.1 Å². The topological polar surface area (TPSA) is 42.6 Å². The second-order valence-electron chi connectivity index (χ2n) is 35.6. The molecule has 27 rings (SSSR count). The lowest BCUT2D eigenvalue weighted by molar-refractivity contribution is 0.673. The predicted octanol–water partition coefficient (Wildman–Crippen LogP) is 34.5. The molecule has 0 fully saturated rings. The monoisotopic (exact) mass is 1730 g/mol. The Bertz CT molecular complexity index is 8770. The number of aromatic nitrogens is 2. The van der Waals surface area contributed by atoms with Crippen LogP contribution < -0.4 is 9.80 Å². The van der Waals surface area contributed by atoms with E-state index in [0.29, 0.717) is 0 Å². The molecule has 0 saturated carbocycles. The molecule has 4 aromatic heterocycles. The third-order valence-corrected chi connectivity index (χ3v) is 28.4. The van der Waals surface area contributed by atoms with Crippen molar-refractivity contribution in [2.75, 3.05) is 9.80 Å².